The van der Waals surface area contributed by atoms with Crippen LogP contribution in [-0.2, 0) is 14.2 Å². The minimum atomic E-state index is -0.421. The number of ether oxygens (including phenoxy) is 3. The van der Waals surface area contributed by atoms with Crippen molar-refractivity contribution in [2.75, 3.05) is 31.7 Å². The van der Waals surface area contributed by atoms with E-state index in [0.29, 0.717) is 12.2 Å². The van der Waals surface area contributed by atoms with Gasteiger partial charge in [0.2, 0.25) is 0 Å². The molecule has 0 amide bonds. The second-order valence-electron chi connectivity index (χ2n) is 5.65. The molecule has 114 valence electrons. The molecule has 1 aromatic carbocycles. The molecule has 0 aliphatic carbocycles. The molecule has 2 saturated heterocycles. The van der Waals surface area contributed by atoms with Crippen LogP contribution in [-0.4, -0.2) is 44.7 Å². The molecule has 1 aromatic rings. The van der Waals surface area contributed by atoms with E-state index in [-0.39, 0.29) is 12.1 Å². The Morgan fingerprint density at radius 1 is 1.33 bits per heavy atom. The number of hydrogen-bond donors (Lipinski definition) is 0. The third-order valence-corrected chi connectivity index (χ3v) is 4.17. The Bertz CT molecular complexity index is 523. The second kappa shape index (κ2) is 5.66. The molecule has 0 radical (unpaired) electrons. The molecule has 0 bridgehead atoms. The van der Waals surface area contributed by atoms with Gasteiger partial charge in [0.05, 0.1) is 31.1 Å². The molecule has 1 unspecified atom stereocenters. The second-order valence-corrected chi connectivity index (χ2v) is 5.65. The van der Waals surface area contributed by atoms with E-state index in [9.17, 15) is 4.79 Å². The van der Waals surface area contributed by atoms with Crippen molar-refractivity contribution in [3.05, 3.63) is 29.8 Å². The lowest BCUT2D eigenvalue weighted by Gasteiger charge is -2.39. The average molecular weight is 291 g/mol. The molecule has 5 nitrogen and oxygen atoms in total. The first-order valence-electron chi connectivity index (χ1n) is 7.38. The van der Waals surface area contributed by atoms with Gasteiger partial charge in [-0.1, -0.05) is 12.1 Å². The van der Waals surface area contributed by atoms with Crippen LogP contribution >= 0.6 is 0 Å². The summed E-state index contributed by atoms with van der Waals surface area (Å²) in [5.41, 5.74) is 1.53. The highest BCUT2D eigenvalue weighted by Gasteiger charge is 2.42. The predicted octanol–water partition coefficient (Wildman–Crippen LogP) is 2.21. The van der Waals surface area contributed by atoms with Gasteiger partial charge in [-0.05, 0) is 19.1 Å². The van der Waals surface area contributed by atoms with Crippen molar-refractivity contribution in [1.82, 2.24) is 0 Å². The first kappa shape index (κ1) is 14.4. The lowest BCUT2D eigenvalue weighted by atomic mass is 10.0. The summed E-state index contributed by atoms with van der Waals surface area (Å²) in [4.78, 5) is 14.1. The van der Waals surface area contributed by atoms with Gasteiger partial charge in [-0.15, -0.1) is 0 Å². The van der Waals surface area contributed by atoms with Crippen LogP contribution in [0.1, 0.15) is 30.1 Å². The number of nitrogens with zero attached hydrogens (tertiary/aromatic N) is 1. The van der Waals surface area contributed by atoms with Crippen molar-refractivity contribution in [2.45, 2.75) is 31.7 Å². The monoisotopic (exact) mass is 291 g/mol. The lowest BCUT2D eigenvalue weighted by molar-refractivity contribution is -0.178. The van der Waals surface area contributed by atoms with Gasteiger partial charge in [0, 0.05) is 25.9 Å². The zero-order valence-electron chi connectivity index (χ0n) is 12.5. The highest BCUT2D eigenvalue weighted by atomic mass is 16.7. The molecule has 3 rings (SSSR count). The molecular weight excluding hydrogens is 270 g/mol. The Morgan fingerprint density at radius 2 is 2.05 bits per heavy atom. The Labute approximate surface area is 124 Å². The van der Waals surface area contributed by atoms with Gasteiger partial charge in [-0.3, -0.25) is 0 Å². The first-order chi connectivity index (χ1) is 10.1. The summed E-state index contributed by atoms with van der Waals surface area (Å²) in [5, 5.41) is 0. The van der Waals surface area contributed by atoms with Crippen molar-refractivity contribution >= 4 is 11.7 Å². The third-order valence-electron chi connectivity index (χ3n) is 4.17. The fourth-order valence-electron chi connectivity index (χ4n) is 3.09. The number of carbonyl (C=O) groups is 1. The van der Waals surface area contributed by atoms with Crippen LogP contribution in [0.3, 0.4) is 0 Å². The van der Waals surface area contributed by atoms with Gasteiger partial charge in [0.15, 0.2) is 5.79 Å². The van der Waals surface area contributed by atoms with Crippen molar-refractivity contribution in [1.29, 1.82) is 0 Å². The zero-order chi connectivity index (χ0) is 14.9. The molecule has 0 aromatic heterocycles. The number of para-hydroxylation sites is 1. The van der Waals surface area contributed by atoms with E-state index in [0.717, 1.165) is 31.6 Å². The Balaban J connectivity index is 1.74. The maximum absolute atomic E-state index is 11.9. The van der Waals surface area contributed by atoms with E-state index < -0.39 is 5.79 Å². The summed E-state index contributed by atoms with van der Waals surface area (Å²) in [6.45, 7) is 4.31. The Hall–Kier alpha value is -1.59. The van der Waals surface area contributed by atoms with E-state index in [1.54, 1.807) is 6.07 Å². The van der Waals surface area contributed by atoms with Crippen LogP contribution in [0.15, 0.2) is 24.3 Å². The fraction of sp³-hybridized carbons (Fsp3) is 0.562. The predicted molar refractivity (Wildman–Crippen MR) is 78.5 cm³/mol. The van der Waals surface area contributed by atoms with Crippen LogP contribution in [0.25, 0.3) is 0 Å². The van der Waals surface area contributed by atoms with E-state index in [1.165, 1.54) is 7.11 Å². The molecule has 5 heteroatoms. The van der Waals surface area contributed by atoms with Crippen LogP contribution in [0.5, 0.6) is 0 Å². The van der Waals surface area contributed by atoms with Crippen LogP contribution in [0, 0.1) is 0 Å². The zero-order valence-corrected chi connectivity index (χ0v) is 12.5. The summed E-state index contributed by atoms with van der Waals surface area (Å²) >= 11 is 0. The smallest absolute Gasteiger partial charge is 0.339 e. The van der Waals surface area contributed by atoms with Crippen molar-refractivity contribution in [2.24, 2.45) is 0 Å². The van der Waals surface area contributed by atoms with E-state index in [1.807, 2.05) is 25.1 Å². The summed E-state index contributed by atoms with van der Waals surface area (Å²) in [6.07, 6.45) is 1.79. The topological polar surface area (TPSA) is 48.0 Å². The van der Waals surface area contributed by atoms with E-state index >= 15 is 0 Å². The molecule has 1 spiro atoms. The lowest BCUT2D eigenvalue weighted by Crippen LogP contribution is -2.45. The van der Waals surface area contributed by atoms with Crippen molar-refractivity contribution in [3.8, 4) is 0 Å². The molecule has 21 heavy (non-hydrogen) atoms. The Morgan fingerprint density at radius 3 is 2.67 bits per heavy atom. The minimum Gasteiger partial charge on any atom is -0.465 e. The quantitative estimate of drug-likeness (QED) is 0.782. The van der Waals surface area contributed by atoms with Gasteiger partial charge in [0.25, 0.3) is 0 Å². The summed E-state index contributed by atoms with van der Waals surface area (Å²) in [7, 11) is 1.41. The molecule has 1 atom stereocenters. The maximum Gasteiger partial charge on any atom is 0.339 e. The number of anilines is 1. The number of carbonyl (C=O) groups excluding carboxylic acids is 1. The van der Waals surface area contributed by atoms with Crippen LogP contribution in [0.2, 0.25) is 0 Å². The molecule has 0 N–H and O–H groups in total. The molecule has 2 aliphatic heterocycles. The van der Waals surface area contributed by atoms with E-state index in [2.05, 4.69) is 4.90 Å². The summed E-state index contributed by atoms with van der Waals surface area (Å²) in [6, 6.07) is 7.56. The van der Waals surface area contributed by atoms with Gasteiger partial charge in [-0.2, -0.15) is 0 Å². The Kier molecular flexibility index (Phi) is 3.87. The van der Waals surface area contributed by atoms with E-state index in [4.69, 9.17) is 14.2 Å². The van der Waals surface area contributed by atoms with Gasteiger partial charge >= 0.3 is 5.97 Å². The summed E-state index contributed by atoms with van der Waals surface area (Å²) < 4.78 is 16.6. The summed E-state index contributed by atoms with van der Waals surface area (Å²) in [5.74, 6) is -0.719. The first-order valence-corrected chi connectivity index (χ1v) is 7.38. The maximum atomic E-state index is 11.9. The van der Waals surface area contributed by atoms with Crippen molar-refractivity contribution < 1.29 is 19.0 Å². The number of piperidine rings is 1. The molecule has 2 aliphatic rings. The number of esters is 1. The van der Waals surface area contributed by atoms with Gasteiger partial charge < -0.3 is 19.1 Å². The number of benzene rings is 1. The van der Waals surface area contributed by atoms with Crippen molar-refractivity contribution in [3.63, 3.8) is 0 Å². The molecule has 2 heterocycles. The molecule has 2 fully saturated rings. The fourth-order valence-corrected chi connectivity index (χ4v) is 3.09. The van der Waals surface area contributed by atoms with Crippen LogP contribution < -0.4 is 4.90 Å². The highest BCUT2D eigenvalue weighted by molar-refractivity contribution is 5.95. The normalized spacial score (nSPS) is 24.3. The SMILES string of the molecule is COC(=O)c1ccccc1N1CCC2(CC1)OCC(C)O2. The van der Waals surface area contributed by atoms with Crippen LogP contribution in [0.4, 0.5) is 5.69 Å². The number of rotatable bonds is 2. The minimum absolute atomic E-state index is 0.166. The van der Waals surface area contributed by atoms with Gasteiger partial charge in [0.1, 0.15) is 0 Å². The number of methoxy groups -OCH3 is 1. The highest BCUT2D eigenvalue weighted by Crippen LogP contribution is 2.36. The largest absolute Gasteiger partial charge is 0.465 e. The average Bonchev–Trinajstić information content (AvgIpc) is 2.88. The number of hydrogen-bond acceptors (Lipinski definition) is 5. The third kappa shape index (κ3) is 2.76. The molecule has 0 saturated carbocycles. The standard InChI is InChI=1S/C16H21NO4/c1-12-11-20-16(21-12)7-9-17(10-8-16)14-6-4-3-5-13(14)15(18)19-2/h3-6,12H,7-11H2,1-2H3. The van der Waals surface area contributed by atoms with Gasteiger partial charge in [-0.25, -0.2) is 4.79 Å². The molecular formula is C16H21NO4.